The maximum atomic E-state index is 10.9. The van der Waals surface area contributed by atoms with E-state index < -0.39 is 5.97 Å². The fourth-order valence-corrected chi connectivity index (χ4v) is 1.69. The second-order valence-electron chi connectivity index (χ2n) is 3.92. The van der Waals surface area contributed by atoms with Crippen LogP contribution in [-0.2, 0) is 0 Å². The number of benzene rings is 1. The average molecular weight is 272 g/mol. The van der Waals surface area contributed by atoms with Crippen molar-refractivity contribution in [3.8, 4) is 11.6 Å². The van der Waals surface area contributed by atoms with Crippen LogP contribution in [0.15, 0.2) is 24.3 Å². The lowest BCUT2D eigenvalue weighted by atomic mass is 10.2. The van der Waals surface area contributed by atoms with E-state index in [1.807, 2.05) is 0 Å². The second kappa shape index (κ2) is 4.16. The molecule has 4 N–H and O–H groups in total. The predicted octanol–water partition coefficient (Wildman–Crippen LogP) is 0.196. The van der Waals surface area contributed by atoms with Gasteiger partial charge < -0.3 is 15.9 Å². The minimum Gasteiger partial charge on any atom is -0.492 e. The highest BCUT2D eigenvalue weighted by atomic mass is 16.4. The summed E-state index contributed by atoms with van der Waals surface area (Å²) in [7, 11) is 0. The number of carbonyl (C=O) groups is 1. The fourth-order valence-electron chi connectivity index (χ4n) is 1.69. The van der Waals surface area contributed by atoms with Crippen LogP contribution in [0, 0.1) is 0 Å². The van der Waals surface area contributed by atoms with E-state index in [4.69, 9.17) is 10.8 Å². The lowest BCUT2D eigenvalue weighted by Crippen LogP contribution is -2.02. The number of carboxylic acid groups (broad SMARTS) is 1. The smallest absolute Gasteiger partial charge is 0.335 e. The van der Waals surface area contributed by atoms with Crippen molar-refractivity contribution in [1.29, 1.82) is 0 Å². The number of aromatic carboxylic acids is 1. The Morgan fingerprint density at radius 3 is 2.80 bits per heavy atom. The quantitative estimate of drug-likeness (QED) is 0.600. The van der Waals surface area contributed by atoms with E-state index in [0.717, 1.165) is 4.80 Å². The highest BCUT2D eigenvalue weighted by Crippen LogP contribution is 2.19. The maximum absolute atomic E-state index is 10.9. The van der Waals surface area contributed by atoms with Gasteiger partial charge in [0.1, 0.15) is 0 Å². The maximum Gasteiger partial charge on any atom is 0.335 e. The number of carboxylic acids is 1. The Hall–Kier alpha value is -3.23. The Labute approximate surface area is 111 Å². The number of nitrogen functional groups attached to an aromatic ring is 1. The van der Waals surface area contributed by atoms with E-state index in [1.165, 1.54) is 12.1 Å². The Kier molecular flexibility index (Phi) is 2.46. The molecule has 2 aromatic heterocycles. The number of hydrogen-bond donors (Lipinski definition) is 3. The van der Waals surface area contributed by atoms with Crippen molar-refractivity contribution in [2.75, 3.05) is 5.73 Å². The van der Waals surface area contributed by atoms with E-state index in [1.54, 1.807) is 12.1 Å². The summed E-state index contributed by atoms with van der Waals surface area (Å²) in [6.07, 6.45) is 0. The van der Waals surface area contributed by atoms with Gasteiger partial charge in [-0.25, -0.2) is 4.79 Å². The number of rotatable bonds is 2. The SMILES string of the molecule is Nc1nc(O)c2nn(-c3cccc(C(=O)O)c3)nc2n1. The van der Waals surface area contributed by atoms with Crippen molar-refractivity contribution >= 4 is 23.1 Å². The van der Waals surface area contributed by atoms with E-state index in [0.29, 0.717) is 5.69 Å². The summed E-state index contributed by atoms with van der Waals surface area (Å²) >= 11 is 0. The van der Waals surface area contributed by atoms with Crippen LogP contribution in [0.2, 0.25) is 0 Å². The van der Waals surface area contributed by atoms with Gasteiger partial charge >= 0.3 is 5.97 Å². The molecule has 9 nitrogen and oxygen atoms in total. The number of fused-ring (bicyclic) bond motifs is 1. The summed E-state index contributed by atoms with van der Waals surface area (Å²) in [6.45, 7) is 0. The molecule has 0 saturated carbocycles. The summed E-state index contributed by atoms with van der Waals surface area (Å²) in [5, 5.41) is 26.6. The van der Waals surface area contributed by atoms with Crippen molar-refractivity contribution < 1.29 is 15.0 Å². The van der Waals surface area contributed by atoms with Gasteiger partial charge in [0.2, 0.25) is 17.5 Å². The molecule has 1 aromatic carbocycles. The molecule has 2 heterocycles. The summed E-state index contributed by atoms with van der Waals surface area (Å²) in [4.78, 5) is 19.5. The number of aromatic hydroxyl groups is 1. The molecule has 0 radical (unpaired) electrons. The molecule has 3 rings (SSSR count). The first-order valence-corrected chi connectivity index (χ1v) is 5.48. The van der Waals surface area contributed by atoms with E-state index >= 15 is 0 Å². The van der Waals surface area contributed by atoms with E-state index in [9.17, 15) is 9.90 Å². The average Bonchev–Trinajstić information content (AvgIpc) is 2.83. The van der Waals surface area contributed by atoms with Crippen LogP contribution in [0.5, 0.6) is 5.88 Å². The van der Waals surface area contributed by atoms with Crippen molar-refractivity contribution in [3.63, 3.8) is 0 Å². The monoisotopic (exact) mass is 272 g/mol. The van der Waals surface area contributed by atoms with Crippen LogP contribution in [0.4, 0.5) is 5.95 Å². The molecule has 0 spiro atoms. The summed E-state index contributed by atoms with van der Waals surface area (Å²) in [5.41, 5.74) is 6.12. The molecule has 9 heteroatoms. The number of aromatic nitrogens is 5. The highest BCUT2D eigenvalue weighted by Gasteiger charge is 2.13. The van der Waals surface area contributed by atoms with Crippen LogP contribution in [0.25, 0.3) is 16.9 Å². The zero-order valence-electron chi connectivity index (χ0n) is 9.93. The van der Waals surface area contributed by atoms with Gasteiger partial charge in [-0.05, 0) is 18.2 Å². The van der Waals surface area contributed by atoms with Crippen LogP contribution in [0.3, 0.4) is 0 Å². The Morgan fingerprint density at radius 1 is 1.25 bits per heavy atom. The Bertz CT molecular complexity index is 828. The third-order valence-electron chi connectivity index (χ3n) is 2.57. The molecule has 0 aliphatic carbocycles. The molecule has 0 aliphatic rings. The van der Waals surface area contributed by atoms with Crippen LogP contribution >= 0.6 is 0 Å². The van der Waals surface area contributed by atoms with Crippen molar-refractivity contribution in [3.05, 3.63) is 29.8 Å². The first-order chi connectivity index (χ1) is 9.54. The standard InChI is InChI=1S/C11H8N6O3/c12-11-13-8-7(9(18)14-11)15-17(16-8)6-3-1-2-5(4-6)10(19)20/h1-4H,(H,19,20)(H3,12,13,14,16,18). The van der Waals surface area contributed by atoms with Gasteiger partial charge in [-0.2, -0.15) is 9.97 Å². The molecule has 20 heavy (non-hydrogen) atoms. The molecular weight excluding hydrogens is 264 g/mol. The van der Waals surface area contributed by atoms with E-state index in [2.05, 4.69) is 20.2 Å². The second-order valence-corrected chi connectivity index (χ2v) is 3.92. The third kappa shape index (κ3) is 1.86. The highest BCUT2D eigenvalue weighted by molar-refractivity contribution is 5.88. The molecule has 0 saturated heterocycles. The summed E-state index contributed by atoms with van der Waals surface area (Å²) < 4.78 is 0. The molecule has 0 bridgehead atoms. The zero-order chi connectivity index (χ0) is 14.3. The fraction of sp³-hybridized carbons (Fsp3) is 0. The number of anilines is 1. The first kappa shape index (κ1) is 11.8. The minimum absolute atomic E-state index is 0.0833. The minimum atomic E-state index is -1.06. The number of hydrogen-bond acceptors (Lipinski definition) is 7. The first-order valence-electron chi connectivity index (χ1n) is 5.48. The van der Waals surface area contributed by atoms with Gasteiger partial charge in [0, 0.05) is 0 Å². The summed E-state index contributed by atoms with van der Waals surface area (Å²) in [6, 6.07) is 6.03. The van der Waals surface area contributed by atoms with Crippen molar-refractivity contribution in [2.45, 2.75) is 0 Å². The molecule has 0 aliphatic heterocycles. The molecular formula is C11H8N6O3. The van der Waals surface area contributed by atoms with Crippen molar-refractivity contribution in [2.24, 2.45) is 0 Å². The topological polar surface area (TPSA) is 140 Å². The molecule has 0 amide bonds. The van der Waals surface area contributed by atoms with Gasteiger partial charge in [-0.1, -0.05) is 6.07 Å². The van der Waals surface area contributed by atoms with Gasteiger partial charge in [0.15, 0.2) is 5.52 Å². The lowest BCUT2D eigenvalue weighted by molar-refractivity contribution is 0.0697. The predicted molar refractivity (Wildman–Crippen MR) is 67.5 cm³/mol. The Morgan fingerprint density at radius 2 is 2.05 bits per heavy atom. The molecule has 3 aromatic rings. The Balaban J connectivity index is 2.17. The van der Waals surface area contributed by atoms with Crippen LogP contribution in [-0.4, -0.2) is 41.1 Å². The van der Waals surface area contributed by atoms with Gasteiger partial charge in [0.25, 0.3) is 0 Å². The lowest BCUT2D eigenvalue weighted by Gasteiger charge is -1.99. The van der Waals surface area contributed by atoms with Gasteiger partial charge in [-0.3, -0.25) is 0 Å². The summed E-state index contributed by atoms with van der Waals surface area (Å²) in [5.74, 6) is -1.56. The molecule has 0 atom stereocenters. The van der Waals surface area contributed by atoms with Gasteiger partial charge in [-0.15, -0.1) is 15.0 Å². The van der Waals surface area contributed by atoms with E-state index in [-0.39, 0.29) is 28.6 Å². The molecule has 100 valence electrons. The van der Waals surface area contributed by atoms with Crippen LogP contribution in [0.1, 0.15) is 10.4 Å². The third-order valence-corrected chi connectivity index (χ3v) is 2.57. The molecule has 0 unspecified atom stereocenters. The van der Waals surface area contributed by atoms with Gasteiger partial charge in [0.05, 0.1) is 11.3 Å². The van der Waals surface area contributed by atoms with Crippen LogP contribution < -0.4 is 5.73 Å². The largest absolute Gasteiger partial charge is 0.492 e. The molecule has 0 fully saturated rings. The number of nitrogens with two attached hydrogens (primary N) is 1. The zero-order valence-corrected chi connectivity index (χ0v) is 9.93. The number of nitrogens with zero attached hydrogens (tertiary/aromatic N) is 5. The van der Waals surface area contributed by atoms with Crippen molar-refractivity contribution in [1.82, 2.24) is 25.0 Å². The normalized spacial score (nSPS) is 10.8.